The van der Waals surface area contributed by atoms with Gasteiger partial charge in [-0.3, -0.25) is 14.8 Å². The molecule has 0 aliphatic heterocycles. The Labute approximate surface area is 198 Å². The van der Waals surface area contributed by atoms with E-state index in [0.717, 1.165) is 28.2 Å². The summed E-state index contributed by atoms with van der Waals surface area (Å²) in [5, 5.41) is 12.1. The second-order valence-electron chi connectivity index (χ2n) is 8.51. The molecule has 1 fully saturated rings. The third-order valence-corrected chi connectivity index (χ3v) is 6.26. The Morgan fingerprint density at radius 3 is 2.21 bits per heavy atom. The van der Waals surface area contributed by atoms with Crippen LogP contribution in [0.5, 0.6) is 11.5 Å². The van der Waals surface area contributed by atoms with Gasteiger partial charge in [-0.25, -0.2) is 5.48 Å². The first-order valence-corrected chi connectivity index (χ1v) is 11.1. The Hall–Kier alpha value is -3.84. The van der Waals surface area contributed by atoms with Crippen LogP contribution in [0.1, 0.15) is 23.1 Å². The molecule has 0 aromatic heterocycles. The van der Waals surface area contributed by atoms with Gasteiger partial charge in [-0.05, 0) is 53.8 Å². The molecule has 7 heteroatoms. The first-order valence-electron chi connectivity index (χ1n) is 11.1. The van der Waals surface area contributed by atoms with Gasteiger partial charge in [-0.15, -0.1) is 0 Å². The van der Waals surface area contributed by atoms with Crippen LogP contribution >= 0.6 is 0 Å². The maximum atomic E-state index is 13.2. The van der Waals surface area contributed by atoms with Crippen LogP contribution in [-0.2, 0) is 29.2 Å². The number of carbonyl (C=O) groups is 2. The van der Waals surface area contributed by atoms with Crippen LogP contribution in [0.2, 0.25) is 0 Å². The molecular formula is C27H28N2O5. The lowest BCUT2D eigenvalue weighted by Gasteiger charge is -2.18. The van der Waals surface area contributed by atoms with Crippen LogP contribution in [0.4, 0.5) is 0 Å². The second-order valence-corrected chi connectivity index (χ2v) is 8.51. The van der Waals surface area contributed by atoms with Crippen molar-refractivity contribution in [3.63, 3.8) is 0 Å². The van der Waals surface area contributed by atoms with E-state index in [4.69, 9.17) is 14.7 Å². The molecule has 2 atom stereocenters. The highest BCUT2D eigenvalue weighted by Crippen LogP contribution is 2.55. The van der Waals surface area contributed by atoms with Crippen molar-refractivity contribution in [3.05, 3.63) is 95.6 Å². The van der Waals surface area contributed by atoms with Crippen molar-refractivity contribution in [2.45, 2.75) is 26.0 Å². The van der Waals surface area contributed by atoms with Gasteiger partial charge in [0, 0.05) is 6.54 Å². The molecule has 1 aliphatic rings. The Morgan fingerprint density at radius 2 is 1.56 bits per heavy atom. The quantitative estimate of drug-likeness (QED) is 0.317. The number of methoxy groups -OCH3 is 1. The molecule has 34 heavy (non-hydrogen) atoms. The average Bonchev–Trinajstić information content (AvgIpc) is 3.62. The lowest BCUT2D eigenvalue weighted by molar-refractivity contribution is -0.135. The summed E-state index contributed by atoms with van der Waals surface area (Å²) in [4.78, 5) is 25.3. The van der Waals surface area contributed by atoms with Crippen LogP contribution in [-0.4, -0.2) is 24.1 Å². The Kier molecular flexibility index (Phi) is 7.13. The Morgan fingerprint density at radius 1 is 0.912 bits per heavy atom. The predicted molar refractivity (Wildman–Crippen MR) is 126 cm³/mol. The van der Waals surface area contributed by atoms with E-state index in [1.165, 1.54) is 0 Å². The minimum absolute atomic E-state index is 0.207. The normalized spacial score (nSPS) is 18.6. The predicted octanol–water partition coefficient (Wildman–Crippen LogP) is 3.64. The van der Waals surface area contributed by atoms with Crippen LogP contribution in [0, 0.1) is 11.3 Å². The third-order valence-electron chi connectivity index (χ3n) is 6.26. The zero-order chi connectivity index (χ0) is 24.0. The van der Waals surface area contributed by atoms with Crippen molar-refractivity contribution in [3.8, 4) is 11.5 Å². The van der Waals surface area contributed by atoms with Crippen LogP contribution < -0.4 is 20.3 Å². The number of hydroxylamine groups is 1. The molecule has 3 aromatic carbocycles. The first kappa shape index (κ1) is 23.3. The molecule has 0 radical (unpaired) electrons. The molecule has 4 rings (SSSR count). The Balaban J connectivity index is 1.40. The molecule has 0 bridgehead atoms. The van der Waals surface area contributed by atoms with E-state index in [-0.39, 0.29) is 5.91 Å². The third kappa shape index (κ3) is 5.38. The zero-order valence-corrected chi connectivity index (χ0v) is 19.0. The standard InChI is InChI=1S/C27H28N2O5/c1-33-22-11-9-20(10-12-22)17-28-26(31)27(16-24(27)25(30)29-32)15-19-7-13-23(14-8-19)34-18-21-5-3-2-4-6-21/h2-14,24,32H,15-18H2,1H3,(H,28,31)(H,29,30)/t24-,27+/m1/s1. The van der Waals surface area contributed by atoms with E-state index >= 15 is 0 Å². The molecule has 3 N–H and O–H groups in total. The number of hydrogen-bond donors (Lipinski definition) is 3. The van der Waals surface area contributed by atoms with Crippen molar-refractivity contribution >= 4 is 11.8 Å². The zero-order valence-electron chi connectivity index (χ0n) is 19.0. The van der Waals surface area contributed by atoms with Gasteiger partial charge < -0.3 is 14.8 Å². The number of hydrogen-bond acceptors (Lipinski definition) is 5. The number of rotatable bonds is 10. The highest BCUT2D eigenvalue weighted by atomic mass is 16.5. The van der Waals surface area contributed by atoms with Crippen molar-refractivity contribution < 1.29 is 24.3 Å². The molecule has 0 unspecified atom stereocenters. The topological polar surface area (TPSA) is 96.9 Å². The lowest BCUT2D eigenvalue weighted by Crippen LogP contribution is -2.37. The molecule has 3 aromatic rings. The van der Waals surface area contributed by atoms with Gasteiger partial charge in [0.25, 0.3) is 0 Å². The van der Waals surface area contributed by atoms with Gasteiger partial charge in [0.15, 0.2) is 0 Å². The van der Waals surface area contributed by atoms with E-state index < -0.39 is 17.2 Å². The molecule has 7 nitrogen and oxygen atoms in total. The number of ether oxygens (including phenoxy) is 2. The summed E-state index contributed by atoms with van der Waals surface area (Å²) in [5.41, 5.74) is 3.72. The minimum Gasteiger partial charge on any atom is -0.497 e. The smallest absolute Gasteiger partial charge is 0.247 e. The van der Waals surface area contributed by atoms with Crippen molar-refractivity contribution in [2.75, 3.05) is 7.11 Å². The molecule has 176 valence electrons. The van der Waals surface area contributed by atoms with Gasteiger partial charge in [0.1, 0.15) is 18.1 Å². The largest absolute Gasteiger partial charge is 0.497 e. The highest BCUT2D eigenvalue weighted by Gasteiger charge is 2.63. The maximum Gasteiger partial charge on any atom is 0.247 e. The van der Waals surface area contributed by atoms with Crippen molar-refractivity contribution in [1.82, 2.24) is 10.8 Å². The molecule has 0 spiro atoms. The maximum absolute atomic E-state index is 13.2. The van der Waals surface area contributed by atoms with E-state index in [0.29, 0.717) is 26.0 Å². The summed E-state index contributed by atoms with van der Waals surface area (Å²) >= 11 is 0. The summed E-state index contributed by atoms with van der Waals surface area (Å²) in [6.07, 6.45) is 0.762. The number of amides is 2. The molecule has 1 aliphatic carbocycles. The van der Waals surface area contributed by atoms with Gasteiger partial charge in [0.2, 0.25) is 11.8 Å². The molecule has 2 amide bonds. The van der Waals surface area contributed by atoms with Gasteiger partial charge >= 0.3 is 0 Å². The average molecular weight is 461 g/mol. The van der Waals surface area contributed by atoms with Crippen molar-refractivity contribution in [2.24, 2.45) is 11.3 Å². The van der Waals surface area contributed by atoms with Crippen LogP contribution in [0.3, 0.4) is 0 Å². The Bertz CT molecular complexity index is 1120. The summed E-state index contributed by atoms with van der Waals surface area (Å²) in [7, 11) is 1.60. The van der Waals surface area contributed by atoms with Gasteiger partial charge in [0.05, 0.1) is 18.4 Å². The molecule has 1 saturated carbocycles. The monoisotopic (exact) mass is 460 g/mol. The van der Waals surface area contributed by atoms with Gasteiger partial charge in [-0.1, -0.05) is 54.6 Å². The van der Waals surface area contributed by atoms with E-state index in [2.05, 4.69) is 5.32 Å². The molecular weight excluding hydrogens is 432 g/mol. The van der Waals surface area contributed by atoms with E-state index in [9.17, 15) is 9.59 Å². The fraction of sp³-hybridized carbons (Fsp3) is 0.259. The first-order chi connectivity index (χ1) is 16.5. The molecule has 0 saturated heterocycles. The molecule has 0 heterocycles. The lowest BCUT2D eigenvalue weighted by atomic mass is 9.92. The number of nitrogens with one attached hydrogen (secondary N) is 2. The fourth-order valence-corrected chi connectivity index (χ4v) is 4.16. The second kappa shape index (κ2) is 10.4. The fourth-order valence-electron chi connectivity index (χ4n) is 4.16. The summed E-state index contributed by atoms with van der Waals surface area (Å²) in [6, 6.07) is 24.9. The van der Waals surface area contributed by atoms with Crippen LogP contribution in [0.25, 0.3) is 0 Å². The SMILES string of the molecule is COc1ccc(CNC(=O)[C@@]2(Cc3ccc(OCc4ccccc4)cc3)C[C@@H]2C(=O)NO)cc1. The van der Waals surface area contributed by atoms with Gasteiger partial charge in [-0.2, -0.15) is 0 Å². The number of carbonyl (C=O) groups excluding carboxylic acids is 2. The van der Waals surface area contributed by atoms with E-state index in [1.807, 2.05) is 78.9 Å². The number of benzene rings is 3. The summed E-state index contributed by atoms with van der Waals surface area (Å²) in [5.74, 6) is 0.141. The minimum atomic E-state index is -0.897. The summed E-state index contributed by atoms with van der Waals surface area (Å²) in [6.45, 7) is 0.806. The summed E-state index contributed by atoms with van der Waals surface area (Å²) < 4.78 is 11.0. The van der Waals surface area contributed by atoms with Crippen LogP contribution in [0.15, 0.2) is 78.9 Å². The van der Waals surface area contributed by atoms with Crippen molar-refractivity contribution in [1.29, 1.82) is 0 Å². The highest BCUT2D eigenvalue weighted by molar-refractivity contribution is 5.95. The van der Waals surface area contributed by atoms with E-state index in [1.54, 1.807) is 12.6 Å².